The average Bonchev–Trinajstić information content (AvgIpc) is 3.61. The van der Waals surface area contributed by atoms with Crippen molar-refractivity contribution in [3.8, 4) is 28.7 Å². The van der Waals surface area contributed by atoms with Gasteiger partial charge in [-0.3, -0.25) is 14.4 Å². The predicted molar refractivity (Wildman–Crippen MR) is 172 cm³/mol. The van der Waals surface area contributed by atoms with E-state index in [9.17, 15) is 14.4 Å². The van der Waals surface area contributed by atoms with Crippen LogP contribution in [0.15, 0.2) is 66.7 Å². The number of likely N-dealkylation sites (tertiary alicyclic amines) is 1. The molecule has 4 aromatic rings. The molecule has 47 heavy (non-hydrogen) atoms. The summed E-state index contributed by atoms with van der Waals surface area (Å²) in [5, 5.41) is 10.6. The third-order valence-corrected chi connectivity index (χ3v) is 8.48. The summed E-state index contributed by atoms with van der Waals surface area (Å²) in [6.07, 6.45) is -0.410. The van der Waals surface area contributed by atoms with Crippen LogP contribution >= 0.6 is 0 Å². The molecule has 4 heterocycles. The smallest absolute Gasteiger partial charge is 0.258 e. The van der Waals surface area contributed by atoms with Gasteiger partial charge in [-0.2, -0.15) is 5.10 Å². The fraction of sp³-hybridized carbons (Fsp3) is 0.314. The van der Waals surface area contributed by atoms with Crippen molar-refractivity contribution in [3.05, 3.63) is 94.8 Å². The minimum absolute atomic E-state index is 0.1000. The van der Waals surface area contributed by atoms with E-state index in [1.165, 1.54) is 7.11 Å². The van der Waals surface area contributed by atoms with Gasteiger partial charge in [-0.1, -0.05) is 18.2 Å². The molecule has 12 heteroatoms. The molecule has 1 fully saturated rings. The van der Waals surface area contributed by atoms with Gasteiger partial charge >= 0.3 is 0 Å². The summed E-state index contributed by atoms with van der Waals surface area (Å²) >= 11 is 0. The van der Waals surface area contributed by atoms with E-state index < -0.39 is 18.1 Å². The number of nitrogens with zero attached hydrogens (tertiary/aromatic N) is 3. The van der Waals surface area contributed by atoms with Crippen molar-refractivity contribution < 1.29 is 33.3 Å². The molecular formula is C35H37N5O7. The van der Waals surface area contributed by atoms with Gasteiger partial charge in [0.2, 0.25) is 5.91 Å². The first-order valence-corrected chi connectivity index (χ1v) is 15.3. The van der Waals surface area contributed by atoms with Gasteiger partial charge in [0, 0.05) is 47.6 Å². The molecule has 1 aromatic heterocycles. The van der Waals surface area contributed by atoms with E-state index in [4.69, 9.17) is 24.0 Å². The number of ether oxygens (including phenoxy) is 4. The van der Waals surface area contributed by atoms with Gasteiger partial charge in [0.15, 0.2) is 6.61 Å². The average molecular weight is 640 g/mol. The molecule has 3 aliphatic rings. The number of aryl methyl sites for hydroxylation is 1. The van der Waals surface area contributed by atoms with Crippen LogP contribution in [0, 0.1) is 13.8 Å². The minimum atomic E-state index is -0.565. The Bertz CT molecular complexity index is 1810. The molecule has 0 unspecified atom stereocenters. The molecule has 12 nitrogen and oxygen atoms in total. The topological polar surface area (TPSA) is 133 Å². The van der Waals surface area contributed by atoms with Crippen molar-refractivity contribution in [2.45, 2.75) is 39.0 Å². The summed E-state index contributed by atoms with van der Waals surface area (Å²) in [4.78, 5) is 41.7. The number of fused-ring (bicyclic) bond motifs is 7. The third kappa shape index (κ3) is 6.86. The molecule has 2 atom stereocenters. The van der Waals surface area contributed by atoms with E-state index in [0.717, 1.165) is 28.2 Å². The second-order valence-electron chi connectivity index (χ2n) is 11.5. The zero-order chi connectivity index (χ0) is 33.1. The maximum Gasteiger partial charge on any atom is 0.258 e. The number of amides is 3. The Labute approximate surface area is 272 Å². The minimum Gasteiger partial charge on any atom is -0.497 e. The largest absolute Gasteiger partial charge is 0.497 e. The summed E-state index contributed by atoms with van der Waals surface area (Å²) in [7, 11) is 3.02. The summed E-state index contributed by atoms with van der Waals surface area (Å²) in [5.74, 6) is 0.873. The molecule has 1 saturated heterocycles. The molecule has 3 aromatic carbocycles. The normalized spacial score (nSPS) is 17.9. The van der Waals surface area contributed by atoms with Gasteiger partial charge in [-0.15, -0.1) is 0 Å². The second kappa shape index (κ2) is 13.5. The van der Waals surface area contributed by atoms with Crippen molar-refractivity contribution in [2.75, 3.05) is 33.9 Å². The molecular weight excluding hydrogens is 602 g/mol. The standard InChI is InChI=1S/C35H37N5O7/c1-21-29(22(2)40(38-21)25-8-6-5-7-9-25)16-34(42)39-18-30-32(19-39)47-26-11-10-23(31(15-26)45-4)17-36-33(41)20-46-28-13-24(35(43)37-30)12-27(14-28)44-3/h5-15,30,32H,16-20H2,1-4H3,(H,36,41)(H,37,43)/t30-,32-/m0/s1. The van der Waals surface area contributed by atoms with Crippen LogP contribution in [0.25, 0.3) is 5.69 Å². The van der Waals surface area contributed by atoms with Gasteiger partial charge in [0.05, 0.1) is 44.6 Å². The number of rotatable bonds is 5. The Hall–Kier alpha value is -5.52. The van der Waals surface area contributed by atoms with Crippen LogP contribution in [0.4, 0.5) is 0 Å². The van der Waals surface area contributed by atoms with E-state index in [2.05, 4.69) is 10.6 Å². The van der Waals surface area contributed by atoms with Gasteiger partial charge in [-0.25, -0.2) is 4.68 Å². The third-order valence-electron chi connectivity index (χ3n) is 8.48. The molecule has 244 valence electrons. The number of carbonyl (C=O) groups is 3. The maximum atomic E-state index is 13.8. The lowest BCUT2D eigenvalue weighted by Gasteiger charge is -2.22. The molecule has 4 bridgehead atoms. The summed E-state index contributed by atoms with van der Waals surface area (Å²) in [6, 6.07) is 19.3. The second-order valence-corrected chi connectivity index (χ2v) is 11.5. The molecule has 7 rings (SSSR count). The van der Waals surface area contributed by atoms with Crippen LogP contribution in [-0.4, -0.2) is 78.5 Å². The van der Waals surface area contributed by atoms with Crippen LogP contribution in [0.3, 0.4) is 0 Å². The van der Waals surface area contributed by atoms with Crippen LogP contribution < -0.4 is 29.6 Å². The van der Waals surface area contributed by atoms with Crippen molar-refractivity contribution in [2.24, 2.45) is 0 Å². The number of hydrogen-bond acceptors (Lipinski definition) is 8. The summed E-state index contributed by atoms with van der Waals surface area (Å²) in [5.41, 5.74) is 4.48. The van der Waals surface area contributed by atoms with Gasteiger partial charge in [-0.05, 0) is 50.2 Å². The molecule has 3 aliphatic heterocycles. The first-order chi connectivity index (χ1) is 22.7. The molecule has 0 radical (unpaired) electrons. The Kier molecular flexibility index (Phi) is 9.01. The van der Waals surface area contributed by atoms with Crippen molar-refractivity contribution in [3.63, 3.8) is 0 Å². The molecule has 0 saturated carbocycles. The highest BCUT2D eigenvalue weighted by atomic mass is 16.5. The van der Waals surface area contributed by atoms with Gasteiger partial charge in [0.1, 0.15) is 29.1 Å². The SMILES string of the molecule is COc1cc2cc(c1)C(=O)N[C@H]1CN(C(=O)Cc3c(C)nn(-c4ccccc4)c3C)C[C@@H]1Oc1ccc(c(OC)c1)CNC(=O)CO2. The van der Waals surface area contributed by atoms with E-state index in [-0.39, 0.29) is 50.0 Å². The highest BCUT2D eigenvalue weighted by Gasteiger charge is 2.38. The highest BCUT2D eigenvalue weighted by Crippen LogP contribution is 2.29. The van der Waals surface area contributed by atoms with E-state index in [0.29, 0.717) is 23.0 Å². The van der Waals surface area contributed by atoms with Crippen molar-refractivity contribution in [1.82, 2.24) is 25.3 Å². The van der Waals surface area contributed by atoms with Crippen molar-refractivity contribution >= 4 is 17.7 Å². The molecule has 0 aliphatic carbocycles. The lowest BCUT2D eigenvalue weighted by molar-refractivity contribution is -0.129. The number of para-hydroxylation sites is 1. The van der Waals surface area contributed by atoms with E-state index in [1.54, 1.807) is 42.3 Å². The number of aromatic nitrogens is 2. The Morgan fingerprint density at radius 2 is 1.79 bits per heavy atom. The lowest BCUT2D eigenvalue weighted by atomic mass is 10.1. The monoisotopic (exact) mass is 639 g/mol. The van der Waals surface area contributed by atoms with E-state index in [1.807, 2.05) is 54.9 Å². The first kappa shape index (κ1) is 31.5. The number of benzene rings is 3. The van der Waals surface area contributed by atoms with Crippen molar-refractivity contribution in [1.29, 1.82) is 0 Å². The Morgan fingerprint density at radius 1 is 0.979 bits per heavy atom. The van der Waals surface area contributed by atoms with Crippen LogP contribution in [0.1, 0.15) is 32.9 Å². The first-order valence-electron chi connectivity index (χ1n) is 15.3. The van der Waals surface area contributed by atoms with E-state index >= 15 is 0 Å². The summed E-state index contributed by atoms with van der Waals surface area (Å²) in [6.45, 7) is 4.30. The Morgan fingerprint density at radius 3 is 2.55 bits per heavy atom. The van der Waals surface area contributed by atoms with Crippen LogP contribution in [0.5, 0.6) is 23.0 Å². The van der Waals surface area contributed by atoms with Crippen LogP contribution in [-0.2, 0) is 22.6 Å². The fourth-order valence-corrected chi connectivity index (χ4v) is 5.92. The molecule has 0 spiro atoms. The number of nitrogens with one attached hydrogen (secondary N) is 2. The van der Waals surface area contributed by atoms with Gasteiger partial charge in [0.25, 0.3) is 11.8 Å². The number of hydrogen-bond donors (Lipinski definition) is 2. The fourth-order valence-electron chi connectivity index (χ4n) is 5.92. The highest BCUT2D eigenvalue weighted by molar-refractivity contribution is 5.95. The van der Waals surface area contributed by atoms with Crippen LogP contribution in [0.2, 0.25) is 0 Å². The molecule has 2 N–H and O–H groups in total. The Balaban J connectivity index is 1.29. The maximum absolute atomic E-state index is 13.8. The zero-order valence-corrected chi connectivity index (χ0v) is 26.7. The molecule has 3 amide bonds. The predicted octanol–water partition coefficient (Wildman–Crippen LogP) is 3.15. The number of carbonyl (C=O) groups excluding carboxylic acids is 3. The van der Waals surface area contributed by atoms with Gasteiger partial charge < -0.3 is 34.5 Å². The number of methoxy groups -OCH3 is 2. The quantitative estimate of drug-likeness (QED) is 0.341. The lowest BCUT2D eigenvalue weighted by Crippen LogP contribution is -2.45. The zero-order valence-electron chi connectivity index (χ0n) is 26.7. The summed E-state index contributed by atoms with van der Waals surface area (Å²) < 4.78 is 25.0.